The molecular weight excluding hydrogens is 422 g/mol. The molecule has 2 aromatic carbocycles. The molecule has 2 saturated heterocycles. The number of hydrogen-bond acceptors (Lipinski definition) is 6. The lowest BCUT2D eigenvalue weighted by atomic mass is 9.66. The van der Waals surface area contributed by atoms with Crippen molar-refractivity contribution in [3.63, 3.8) is 0 Å². The van der Waals surface area contributed by atoms with Crippen LogP contribution >= 0.6 is 0 Å². The number of nitrogens with zero attached hydrogens (tertiary/aromatic N) is 3. The van der Waals surface area contributed by atoms with E-state index in [2.05, 4.69) is 20.5 Å². The van der Waals surface area contributed by atoms with E-state index in [4.69, 9.17) is 4.74 Å². The average molecular weight is 445 g/mol. The number of carbonyl (C=O) groups excluding carboxylic acids is 3. The molecule has 1 aromatic heterocycles. The van der Waals surface area contributed by atoms with E-state index in [0.717, 1.165) is 28.0 Å². The molecule has 4 amide bonds. The van der Waals surface area contributed by atoms with Crippen molar-refractivity contribution in [1.29, 1.82) is 0 Å². The summed E-state index contributed by atoms with van der Waals surface area (Å²) in [6, 6.07) is 12.6. The number of carbonyl (C=O) groups is 3. The number of anilines is 1. The van der Waals surface area contributed by atoms with Crippen molar-refractivity contribution >= 4 is 34.6 Å². The number of hydrogen-bond donors (Lipinski definition) is 2. The van der Waals surface area contributed by atoms with E-state index >= 15 is 0 Å². The lowest BCUT2D eigenvalue weighted by molar-refractivity contribution is -0.153. The summed E-state index contributed by atoms with van der Waals surface area (Å²) in [5, 5.41) is 4.65. The predicted molar refractivity (Wildman–Crippen MR) is 120 cm³/mol. The number of morpholine rings is 1. The number of urea groups is 1. The van der Waals surface area contributed by atoms with Crippen LogP contribution in [-0.2, 0) is 20.7 Å². The maximum Gasteiger partial charge on any atom is 0.328 e. The second-order valence-corrected chi connectivity index (χ2v) is 9.05. The minimum absolute atomic E-state index is 0.0761. The Balaban J connectivity index is 1.53. The monoisotopic (exact) mass is 445 g/mol. The van der Waals surface area contributed by atoms with Crippen molar-refractivity contribution in [2.45, 2.75) is 38.5 Å². The topological polar surface area (TPSA) is 106 Å². The number of amides is 4. The zero-order valence-electron chi connectivity index (χ0n) is 18.2. The number of rotatable bonds is 1. The first-order valence-corrected chi connectivity index (χ1v) is 11.0. The highest BCUT2D eigenvalue weighted by Crippen LogP contribution is 2.47. The molecule has 3 aliphatic rings. The molecule has 0 aliphatic carbocycles. The molecule has 6 rings (SSSR count). The Hall–Kier alpha value is -3.72. The Bertz CT molecular complexity index is 1310. The molecule has 0 radical (unpaired) electrons. The average Bonchev–Trinajstić information content (AvgIpc) is 3.21. The van der Waals surface area contributed by atoms with Crippen LogP contribution in [0.1, 0.15) is 19.4 Å². The fourth-order valence-corrected chi connectivity index (χ4v) is 5.75. The summed E-state index contributed by atoms with van der Waals surface area (Å²) in [7, 11) is 0. The second-order valence-electron chi connectivity index (χ2n) is 9.05. The van der Waals surface area contributed by atoms with Crippen molar-refractivity contribution in [3.8, 4) is 5.69 Å². The Morgan fingerprint density at radius 1 is 1.06 bits per heavy atom. The molecule has 3 aliphatic heterocycles. The van der Waals surface area contributed by atoms with Crippen molar-refractivity contribution in [2.75, 3.05) is 11.4 Å². The van der Waals surface area contributed by atoms with Crippen LogP contribution in [0.15, 0.2) is 48.8 Å². The van der Waals surface area contributed by atoms with Gasteiger partial charge in [0.2, 0.25) is 11.8 Å². The molecule has 4 heterocycles. The number of benzene rings is 2. The maximum atomic E-state index is 13.3. The number of nitrogens with one attached hydrogen (secondary N) is 2. The first-order valence-electron chi connectivity index (χ1n) is 11.0. The van der Waals surface area contributed by atoms with E-state index in [-0.39, 0.29) is 18.6 Å². The predicted octanol–water partition coefficient (Wildman–Crippen LogP) is 1.92. The molecule has 2 N–H and O–H groups in total. The van der Waals surface area contributed by atoms with Crippen LogP contribution in [0.2, 0.25) is 0 Å². The van der Waals surface area contributed by atoms with Gasteiger partial charge in [-0.2, -0.15) is 0 Å². The number of fused-ring (bicyclic) bond motifs is 5. The van der Waals surface area contributed by atoms with Crippen molar-refractivity contribution in [1.82, 2.24) is 20.2 Å². The molecule has 1 spiro atoms. The van der Waals surface area contributed by atoms with Crippen LogP contribution in [0.3, 0.4) is 0 Å². The van der Waals surface area contributed by atoms with Gasteiger partial charge in [0.1, 0.15) is 6.33 Å². The molecule has 0 bridgehead atoms. The zero-order valence-corrected chi connectivity index (χ0v) is 18.2. The second kappa shape index (κ2) is 6.89. The summed E-state index contributed by atoms with van der Waals surface area (Å²) >= 11 is 0. The van der Waals surface area contributed by atoms with E-state index in [1.807, 2.05) is 60.9 Å². The highest BCUT2D eigenvalue weighted by atomic mass is 16.5. The number of imidazole rings is 1. The van der Waals surface area contributed by atoms with Crippen molar-refractivity contribution < 1.29 is 19.1 Å². The first kappa shape index (κ1) is 19.9. The van der Waals surface area contributed by atoms with Gasteiger partial charge in [-0.3, -0.25) is 24.8 Å². The van der Waals surface area contributed by atoms with Gasteiger partial charge in [-0.25, -0.2) is 9.78 Å². The number of imide groups is 2. The molecule has 9 nitrogen and oxygen atoms in total. The molecule has 2 fully saturated rings. The lowest BCUT2D eigenvalue weighted by Crippen LogP contribution is -2.75. The Kier molecular flexibility index (Phi) is 4.16. The first-order chi connectivity index (χ1) is 15.9. The third-order valence-corrected chi connectivity index (χ3v) is 7.02. The van der Waals surface area contributed by atoms with Crippen LogP contribution in [0.5, 0.6) is 0 Å². The van der Waals surface area contributed by atoms with E-state index in [1.165, 1.54) is 0 Å². The Labute approximate surface area is 189 Å². The van der Waals surface area contributed by atoms with E-state index < -0.39 is 29.3 Å². The third-order valence-electron chi connectivity index (χ3n) is 7.02. The molecule has 168 valence electrons. The normalized spacial score (nSPS) is 26.1. The molecule has 9 heteroatoms. The smallest absolute Gasteiger partial charge is 0.328 e. The van der Waals surface area contributed by atoms with Gasteiger partial charge in [0, 0.05) is 17.9 Å². The van der Waals surface area contributed by atoms with E-state index in [1.54, 1.807) is 6.33 Å². The van der Waals surface area contributed by atoms with Gasteiger partial charge < -0.3 is 9.64 Å². The fourth-order valence-electron chi connectivity index (χ4n) is 5.75. The zero-order chi connectivity index (χ0) is 22.9. The van der Waals surface area contributed by atoms with Gasteiger partial charge in [-0.05, 0) is 56.2 Å². The molecule has 0 unspecified atom stereocenters. The molecule has 3 atom stereocenters. The van der Waals surface area contributed by atoms with Gasteiger partial charge in [-0.15, -0.1) is 0 Å². The SMILES string of the molecule is C[C@@H]1CN2c3ccc(-n4cnc5ccccc54)cc3CC3(C(=O)NC(=O)NC3=O)[C@H]2[C@H](C)O1. The van der Waals surface area contributed by atoms with Crippen LogP contribution in [0.25, 0.3) is 16.7 Å². The maximum absolute atomic E-state index is 13.3. The van der Waals surface area contributed by atoms with Gasteiger partial charge in [0.25, 0.3) is 0 Å². The van der Waals surface area contributed by atoms with Gasteiger partial charge in [0.15, 0.2) is 5.41 Å². The Morgan fingerprint density at radius 3 is 2.61 bits per heavy atom. The van der Waals surface area contributed by atoms with E-state index in [0.29, 0.717) is 6.54 Å². The summed E-state index contributed by atoms with van der Waals surface area (Å²) in [6.45, 7) is 4.39. The van der Waals surface area contributed by atoms with Crippen molar-refractivity contribution in [3.05, 3.63) is 54.4 Å². The molecule has 33 heavy (non-hydrogen) atoms. The lowest BCUT2D eigenvalue weighted by Gasteiger charge is -2.55. The highest BCUT2D eigenvalue weighted by molar-refractivity contribution is 6.20. The number of aromatic nitrogens is 2. The Morgan fingerprint density at radius 2 is 1.82 bits per heavy atom. The quantitative estimate of drug-likeness (QED) is 0.555. The number of para-hydroxylation sites is 2. The van der Waals surface area contributed by atoms with Crippen LogP contribution in [-0.4, -0.2) is 52.2 Å². The summed E-state index contributed by atoms with van der Waals surface area (Å²) in [4.78, 5) is 45.0. The summed E-state index contributed by atoms with van der Waals surface area (Å²) < 4.78 is 8.04. The third kappa shape index (κ3) is 2.75. The summed E-state index contributed by atoms with van der Waals surface area (Å²) in [5.74, 6) is -1.17. The van der Waals surface area contributed by atoms with Gasteiger partial charge in [-0.1, -0.05) is 12.1 Å². The minimum Gasteiger partial charge on any atom is -0.372 e. The molecule has 3 aromatic rings. The standard InChI is InChI=1S/C24H23N5O4/c1-13-11-28-18-8-7-16(29-12-25-17-5-3-4-6-19(17)29)9-15(18)10-24(20(28)14(2)33-13)21(30)26-23(32)27-22(24)31/h3-9,12-14,20H,10-11H2,1-2H3,(H2,26,27,30,31,32)/t13-,14+,20-/m1/s1. The summed E-state index contributed by atoms with van der Waals surface area (Å²) in [6.07, 6.45) is 1.47. The highest BCUT2D eigenvalue weighted by Gasteiger charge is 2.62. The number of barbiturate groups is 1. The largest absolute Gasteiger partial charge is 0.372 e. The van der Waals surface area contributed by atoms with Gasteiger partial charge >= 0.3 is 6.03 Å². The van der Waals surface area contributed by atoms with Gasteiger partial charge in [0.05, 0.1) is 29.3 Å². The minimum atomic E-state index is -1.48. The molecular formula is C24H23N5O4. The van der Waals surface area contributed by atoms with Crippen LogP contribution in [0.4, 0.5) is 10.5 Å². The van der Waals surface area contributed by atoms with E-state index in [9.17, 15) is 14.4 Å². The summed E-state index contributed by atoms with van der Waals surface area (Å²) in [5.41, 5.74) is 3.09. The molecule has 0 saturated carbocycles. The number of ether oxygens (including phenoxy) is 1. The van der Waals surface area contributed by atoms with Crippen LogP contribution in [0, 0.1) is 5.41 Å². The van der Waals surface area contributed by atoms with Crippen LogP contribution < -0.4 is 15.5 Å². The van der Waals surface area contributed by atoms with Crippen molar-refractivity contribution in [2.24, 2.45) is 5.41 Å². The fraction of sp³-hybridized carbons (Fsp3) is 0.333.